The van der Waals surface area contributed by atoms with Gasteiger partial charge in [-0.25, -0.2) is 4.39 Å². The first kappa shape index (κ1) is 10.6. The Morgan fingerprint density at radius 1 is 1.33 bits per heavy atom. The molecule has 1 aromatic heterocycles. The van der Waals surface area contributed by atoms with Gasteiger partial charge in [0.25, 0.3) is 0 Å². The molecule has 78 valence electrons. The summed E-state index contributed by atoms with van der Waals surface area (Å²) in [4.78, 5) is 2.05. The minimum Gasteiger partial charge on any atom is -0.399 e. The van der Waals surface area contributed by atoms with Gasteiger partial charge in [0.05, 0.1) is 4.88 Å². The fraction of sp³-hybridized carbons (Fsp3) is 0.0909. The molecular weight excluding hydrogens is 277 g/mol. The zero-order valence-corrected chi connectivity index (χ0v) is 10.5. The van der Waals surface area contributed by atoms with Gasteiger partial charge < -0.3 is 5.73 Å². The molecule has 2 rings (SSSR count). The van der Waals surface area contributed by atoms with Crippen molar-refractivity contribution in [1.82, 2.24) is 0 Å². The lowest BCUT2D eigenvalue weighted by molar-refractivity contribution is 0.632. The highest BCUT2D eigenvalue weighted by atomic mass is 79.9. The van der Waals surface area contributed by atoms with Crippen LogP contribution in [0.3, 0.4) is 0 Å². The highest BCUT2D eigenvalue weighted by Gasteiger charge is 2.11. The van der Waals surface area contributed by atoms with Crippen molar-refractivity contribution in [3.8, 4) is 10.4 Å². The maximum atomic E-state index is 13.6. The van der Waals surface area contributed by atoms with E-state index in [9.17, 15) is 4.39 Å². The van der Waals surface area contributed by atoms with Crippen molar-refractivity contribution in [3.63, 3.8) is 0 Å². The second-order valence-electron chi connectivity index (χ2n) is 3.27. The predicted octanol–water partition coefficient (Wildman–Crippen LogP) is 4.21. The molecule has 0 saturated carbocycles. The van der Waals surface area contributed by atoms with Crippen LogP contribution in [0, 0.1) is 12.7 Å². The topological polar surface area (TPSA) is 26.0 Å². The lowest BCUT2D eigenvalue weighted by atomic mass is 10.1. The molecule has 0 amide bonds. The first-order valence-electron chi connectivity index (χ1n) is 4.39. The summed E-state index contributed by atoms with van der Waals surface area (Å²) in [5, 5.41) is 0. The summed E-state index contributed by atoms with van der Waals surface area (Å²) in [7, 11) is 0. The molecule has 1 aromatic carbocycles. The Labute approximate surface area is 99.9 Å². The Bertz CT molecular complexity index is 507. The van der Waals surface area contributed by atoms with Crippen LogP contribution in [-0.2, 0) is 0 Å². The number of nitrogen functional groups attached to an aromatic ring is 1. The Morgan fingerprint density at radius 3 is 2.60 bits per heavy atom. The van der Waals surface area contributed by atoms with Crippen LogP contribution in [0.15, 0.2) is 28.7 Å². The van der Waals surface area contributed by atoms with Gasteiger partial charge in [-0.05, 0) is 47.1 Å². The molecule has 0 spiro atoms. The van der Waals surface area contributed by atoms with Gasteiger partial charge in [0.1, 0.15) is 5.82 Å². The maximum Gasteiger partial charge on any atom is 0.133 e. The fourth-order valence-corrected chi connectivity index (χ4v) is 3.26. The van der Waals surface area contributed by atoms with Crippen LogP contribution in [0.2, 0.25) is 0 Å². The van der Waals surface area contributed by atoms with E-state index in [1.807, 2.05) is 13.0 Å². The molecule has 2 N–H and O–H groups in total. The van der Waals surface area contributed by atoms with Crippen molar-refractivity contribution in [2.75, 3.05) is 5.73 Å². The Morgan fingerprint density at radius 2 is 2.07 bits per heavy atom. The van der Waals surface area contributed by atoms with Gasteiger partial charge in [-0.1, -0.05) is 0 Å². The van der Waals surface area contributed by atoms with E-state index in [4.69, 9.17) is 5.73 Å². The molecule has 1 heterocycles. The average Bonchev–Trinajstić information content (AvgIpc) is 2.45. The van der Waals surface area contributed by atoms with Gasteiger partial charge in [-0.15, -0.1) is 11.3 Å². The van der Waals surface area contributed by atoms with E-state index in [0.29, 0.717) is 11.3 Å². The predicted molar refractivity (Wildman–Crippen MR) is 66.6 cm³/mol. The number of rotatable bonds is 1. The van der Waals surface area contributed by atoms with Crippen molar-refractivity contribution in [2.45, 2.75) is 6.92 Å². The van der Waals surface area contributed by atoms with Crippen LogP contribution in [0.5, 0.6) is 0 Å². The smallest absolute Gasteiger partial charge is 0.133 e. The van der Waals surface area contributed by atoms with Crippen molar-refractivity contribution in [1.29, 1.82) is 0 Å². The molecule has 1 nitrogen and oxygen atoms in total. The zero-order chi connectivity index (χ0) is 11.0. The summed E-state index contributed by atoms with van der Waals surface area (Å²) < 4.78 is 14.6. The molecule has 0 aliphatic carbocycles. The molecule has 0 bridgehead atoms. The van der Waals surface area contributed by atoms with Crippen molar-refractivity contribution < 1.29 is 4.39 Å². The zero-order valence-electron chi connectivity index (χ0n) is 8.05. The van der Waals surface area contributed by atoms with Crippen LogP contribution in [0.25, 0.3) is 10.4 Å². The summed E-state index contributed by atoms with van der Waals surface area (Å²) in [5.74, 6) is -0.280. The number of anilines is 1. The number of benzene rings is 1. The SMILES string of the molecule is Cc1cc(Br)c(-c2ccc(N)cc2F)s1. The molecule has 0 fully saturated rings. The monoisotopic (exact) mass is 285 g/mol. The third-order valence-electron chi connectivity index (χ3n) is 2.05. The van der Waals surface area contributed by atoms with Gasteiger partial charge in [-0.2, -0.15) is 0 Å². The van der Waals surface area contributed by atoms with Gasteiger partial charge >= 0.3 is 0 Å². The molecule has 15 heavy (non-hydrogen) atoms. The van der Waals surface area contributed by atoms with E-state index < -0.39 is 0 Å². The molecule has 0 aliphatic heterocycles. The van der Waals surface area contributed by atoms with Crippen LogP contribution in [0.4, 0.5) is 10.1 Å². The van der Waals surface area contributed by atoms with E-state index in [-0.39, 0.29) is 5.82 Å². The van der Waals surface area contributed by atoms with Crippen molar-refractivity contribution in [2.24, 2.45) is 0 Å². The van der Waals surface area contributed by atoms with Gasteiger partial charge in [0, 0.05) is 20.6 Å². The molecular formula is C11H9BrFNS. The number of aryl methyl sites for hydroxylation is 1. The van der Waals surface area contributed by atoms with E-state index in [0.717, 1.165) is 14.2 Å². The van der Waals surface area contributed by atoms with Crippen molar-refractivity contribution in [3.05, 3.63) is 39.4 Å². The first-order chi connectivity index (χ1) is 7.08. The minimum absolute atomic E-state index is 0.280. The number of hydrogen-bond acceptors (Lipinski definition) is 2. The van der Waals surface area contributed by atoms with Crippen molar-refractivity contribution >= 4 is 33.0 Å². The second-order valence-corrected chi connectivity index (χ2v) is 5.38. The number of thiophene rings is 1. The quantitative estimate of drug-likeness (QED) is 0.781. The highest BCUT2D eigenvalue weighted by molar-refractivity contribution is 9.10. The Balaban J connectivity index is 2.59. The lowest BCUT2D eigenvalue weighted by Crippen LogP contribution is -1.88. The molecule has 0 radical (unpaired) electrons. The normalized spacial score (nSPS) is 10.6. The lowest BCUT2D eigenvalue weighted by Gasteiger charge is -2.02. The molecule has 4 heteroatoms. The van der Waals surface area contributed by atoms with E-state index in [2.05, 4.69) is 15.9 Å². The van der Waals surface area contributed by atoms with Gasteiger partial charge in [0.2, 0.25) is 0 Å². The Hall–Kier alpha value is -0.870. The van der Waals surface area contributed by atoms with E-state index in [1.54, 1.807) is 23.5 Å². The molecule has 0 atom stereocenters. The third-order valence-corrected chi connectivity index (χ3v) is 4.02. The molecule has 0 unspecified atom stereocenters. The van der Waals surface area contributed by atoms with Crippen LogP contribution in [-0.4, -0.2) is 0 Å². The molecule has 0 saturated heterocycles. The first-order valence-corrected chi connectivity index (χ1v) is 6.00. The average molecular weight is 286 g/mol. The second kappa shape index (κ2) is 3.94. The Kier molecular flexibility index (Phi) is 2.80. The number of nitrogens with two attached hydrogens (primary N) is 1. The number of hydrogen-bond donors (Lipinski definition) is 1. The van der Waals surface area contributed by atoms with Gasteiger partial charge in [0.15, 0.2) is 0 Å². The maximum absolute atomic E-state index is 13.6. The molecule has 0 aliphatic rings. The van der Waals surface area contributed by atoms with Crippen LogP contribution < -0.4 is 5.73 Å². The largest absolute Gasteiger partial charge is 0.399 e. The van der Waals surface area contributed by atoms with Crippen LogP contribution in [0.1, 0.15) is 4.88 Å². The summed E-state index contributed by atoms with van der Waals surface area (Å²) in [5.41, 5.74) is 6.54. The summed E-state index contributed by atoms with van der Waals surface area (Å²) in [6, 6.07) is 6.74. The van der Waals surface area contributed by atoms with Gasteiger partial charge in [-0.3, -0.25) is 0 Å². The summed E-state index contributed by atoms with van der Waals surface area (Å²) in [6.45, 7) is 1.99. The molecule has 2 aromatic rings. The standard InChI is InChI=1S/C11H9BrFNS/c1-6-4-9(12)11(15-6)8-3-2-7(14)5-10(8)13/h2-5H,14H2,1H3. The van der Waals surface area contributed by atoms with Crippen LogP contribution >= 0.6 is 27.3 Å². The minimum atomic E-state index is -0.280. The summed E-state index contributed by atoms with van der Waals surface area (Å²) >= 11 is 4.98. The third kappa shape index (κ3) is 2.06. The fourth-order valence-electron chi connectivity index (χ4n) is 1.38. The number of halogens is 2. The summed E-state index contributed by atoms with van der Waals surface area (Å²) in [6.07, 6.45) is 0. The van der Waals surface area contributed by atoms with E-state index >= 15 is 0 Å². The highest BCUT2D eigenvalue weighted by Crippen LogP contribution is 2.37. The van der Waals surface area contributed by atoms with E-state index in [1.165, 1.54) is 6.07 Å².